The summed E-state index contributed by atoms with van der Waals surface area (Å²) in [5.41, 5.74) is 5.33. The zero-order chi connectivity index (χ0) is 14.7. The van der Waals surface area contributed by atoms with Crippen LogP contribution in [0, 0.1) is 0 Å². The van der Waals surface area contributed by atoms with Crippen molar-refractivity contribution in [1.82, 2.24) is 4.90 Å². The van der Waals surface area contributed by atoms with Crippen LogP contribution in [-0.2, 0) is 0 Å². The van der Waals surface area contributed by atoms with Crippen molar-refractivity contribution in [2.24, 2.45) is 0 Å². The second-order valence-electron chi connectivity index (χ2n) is 5.72. The Morgan fingerprint density at radius 2 is 1.52 bits per heavy atom. The number of rotatable bonds is 2. The second kappa shape index (κ2) is 6.01. The van der Waals surface area contributed by atoms with Gasteiger partial charge in [0.1, 0.15) is 0 Å². The Bertz CT molecular complexity index is 653. The highest BCUT2D eigenvalue weighted by Crippen LogP contribution is 2.31. The van der Waals surface area contributed by atoms with E-state index in [-0.39, 0.29) is 0 Å². The van der Waals surface area contributed by atoms with Crippen molar-refractivity contribution in [3.05, 3.63) is 89.6 Å². The molecule has 106 valence electrons. The van der Waals surface area contributed by atoms with Crippen molar-refractivity contribution in [1.29, 1.82) is 0 Å². The third-order valence-electron chi connectivity index (χ3n) is 4.00. The van der Waals surface area contributed by atoms with Crippen molar-refractivity contribution in [3.8, 4) is 0 Å². The van der Waals surface area contributed by atoms with E-state index in [1.165, 1.54) is 22.3 Å². The highest BCUT2D eigenvalue weighted by Gasteiger charge is 2.17. The monoisotopic (exact) mass is 275 g/mol. The molecule has 0 aromatic heterocycles. The van der Waals surface area contributed by atoms with E-state index in [1.807, 2.05) is 0 Å². The lowest BCUT2D eigenvalue weighted by atomic mass is 9.92. The van der Waals surface area contributed by atoms with Crippen LogP contribution in [0.3, 0.4) is 0 Å². The van der Waals surface area contributed by atoms with Gasteiger partial charge in [0, 0.05) is 25.7 Å². The predicted molar refractivity (Wildman–Crippen MR) is 90.0 cm³/mol. The van der Waals surface area contributed by atoms with Gasteiger partial charge in [-0.15, -0.1) is 0 Å². The number of allylic oxidation sites excluding steroid dienone is 2. The molecule has 0 radical (unpaired) electrons. The fourth-order valence-electron chi connectivity index (χ4n) is 2.99. The summed E-state index contributed by atoms with van der Waals surface area (Å²) in [6.07, 6.45) is 4.67. The lowest BCUT2D eigenvalue weighted by Gasteiger charge is -2.19. The van der Waals surface area contributed by atoms with Gasteiger partial charge in [-0.3, -0.25) is 0 Å². The quantitative estimate of drug-likeness (QED) is 0.767. The van der Waals surface area contributed by atoms with Crippen LogP contribution in [-0.4, -0.2) is 18.5 Å². The Kier molecular flexibility index (Phi) is 3.92. The van der Waals surface area contributed by atoms with Crippen LogP contribution in [0.5, 0.6) is 0 Å². The van der Waals surface area contributed by atoms with Gasteiger partial charge in [0.05, 0.1) is 0 Å². The van der Waals surface area contributed by atoms with E-state index in [1.54, 1.807) is 0 Å². The molecule has 21 heavy (non-hydrogen) atoms. The van der Waals surface area contributed by atoms with E-state index < -0.39 is 0 Å². The van der Waals surface area contributed by atoms with Crippen LogP contribution in [0.1, 0.15) is 24.0 Å². The molecule has 0 bridgehead atoms. The van der Waals surface area contributed by atoms with Crippen LogP contribution in [0.2, 0.25) is 0 Å². The van der Waals surface area contributed by atoms with Crippen molar-refractivity contribution in [3.63, 3.8) is 0 Å². The van der Waals surface area contributed by atoms with Gasteiger partial charge in [0.15, 0.2) is 0 Å². The first-order valence-corrected chi connectivity index (χ1v) is 7.45. The molecule has 1 aliphatic heterocycles. The smallest absolute Gasteiger partial charge is 0.0273 e. The summed E-state index contributed by atoms with van der Waals surface area (Å²) >= 11 is 0. The van der Waals surface area contributed by atoms with Gasteiger partial charge in [0.2, 0.25) is 0 Å². The van der Waals surface area contributed by atoms with E-state index in [0.717, 1.165) is 6.54 Å². The van der Waals surface area contributed by atoms with Gasteiger partial charge in [-0.1, -0.05) is 66.7 Å². The average molecular weight is 275 g/mol. The number of hydrogen-bond donors (Lipinski definition) is 0. The first-order chi connectivity index (χ1) is 10.2. The van der Waals surface area contributed by atoms with Crippen LogP contribution in [0.25, 0.3) is 5.57 Å². The first-order valence-electron chi connectivity index (χ1n) is 7.45. The second-order valence-corrected chi connectivity index (χ2v) is 5.72. The zero-order valence-corrected chi connectivity index (χ0v) is 12.7. The molecule has 1 atom stereocenters. The predicted octanol–water partition coefficient (Wildman–Crippen LogP) is 4.70. The van der Waals surface area contributed by atoms with Gasteiger partial charge in [-0.25, -0.2) is 0 Å². The summed E-state index contributed by atoms with van der Waals surface area (Å²) in [5, 5.41) is 0. The molecule has 0 saturated carbocycles. The summed E-state index contributed by atoms with van der Waals surface area (Å²) in [4.78, 5) is 2.29. The van der Waals surface area contributed by atoms with E-state index in [2.05, 4.69) is 91.8 Å². The summed E-state index contributed by atoms with van der Waals surface area (Å²) in [6, 6.07) is 21.4. The molecule has 1 nitrogen and oxygen atoms in total. The normalized spacial score (nSPS) is 18.8. The van der Waals surface area contributed by atoms with Crippen molar-refractivity contribution < 1.29 is 0 Å². The van der Waals surface area contributed by atoms with E-state index in [0.29, 0.717) is 5.92 Å². The lowest BCUT2D eigenvalue weighted by molar-refractivity contribution is 0.440. The van der Waals surface area contributed by atoms with E-state index in [4.69, 9.17) is 0 Å². The van der Waals surface area contributed by atoms with Crippen molar-refractivity contribution >= 4 is 5.57 Å². The maximum absolute atomic E-state index is 2.42. The van der Waals surface area contributed by atoms with Gasteiger partial charge in [-0.05, 0) is 29.2 Å². The minimum Gasteiger partial charge on any atom is -0.379 e. The van der Waals surface area contributed by atoms with Crippen LogP contribution >= 0.6 is 0 Å². The van der Waals surface area contributed by atoms with Crippen LogP contribution < -0.4 is 0 Å². The minimum atomic E-state index is 0.417. The Morgan fingerprint density at radius 3 is 2.19 bits per heavy atom. The van der Waals surface area contributed by atoms with Gasteiger partial charge < -0.3 is 4.90 Å². The van der Waals surface area contributed by atoms with Crippen LogP contribution in [0.4, 0.5) is 0 Å². The molecule has 2 aromatic carbocycles. The molecular formula is C20H21N. The summed E-state index contributed by atoms with van der Waals surface area (Å²) in [7, 11) is 2.15. The minimum absolute atomic E-state index is 0.417. The number of likely N-dealkylation sites (N-methyl/N-ethyl adjacent to an activating group) is 1. The highest BCUT2D eigenvalue weighted by molar-refractivity contribution is 5.79. The average Bonchev–Trinajstić information content (AvgIpc) is 2.67. The summed E-state index contributed by atoms with van der Waals surface area (Å²) in [5.74, 6) is 0.417. The maximum Gasteiger partial charge on any atom is 0.0273 e. The van der Waals surface area contributed by atoms with Crippen LogP contribution in [0.15, 0.2) is 78.5 Å². The van der Waals surface area contributed by atoms with Gasteiger partial charge >= 0.3 is 0 Å². The van der Waals surface area contributed by atoms with Gasteiger partial charge in [0.25, 0.3) is 0 Å². The van der Waals surface area contributed by atoms with E-state index >= 15 is 0 Å². The van der Waals surface area contributed by atoms with Gasteiger partial charge in [-0.2, -0.15) is 0 Å². The fraction of sp³-hybridized carbons (Fsp3) is 0.200. The molecule has 0 aliphatic carbocycles. The number of benzene rings is 2. The molecular weight excluding hydrogens is 254 g/mol. The standard InChI is InChI=1S/C20H21N/c1-16-14-21(2)15-19(17-9-5-3-6-10-17)13-20(16)18-11-7-4-8-12-18/h3-14,19H,15H2,1-2H3. The third-order valence-corrected chi connectivity index (χ3v) is 4.00. The molecule has 1 unspecified atom stereocenters. The third kappa shape index (κ3) is 3.08. The molecule has 0 N–H and O–H groups in total. The summed E-state index contributed by atoms with van der Waals surface area (Å²) in [6.45, 7) is 3.21. The molecule has 0 spiro atoms. The fourth-order valence-corrected chi connectivity index (χ4v) is 2.99. The molecule has 3 rings (SSSR count). The SMILES string of the molecule is CC1=CN(C)CC(c2ccccc2)C=C1c1ccccc1. The first kappa shape index (κ1) is 13.7. The molecule has 1 heterocycles. The van der Waals surface area contributed by atoms with Crippen molar-refractivity contribution in [2.45, 2.75) is 12.8 Å². The Balaban J connectivity index is 2.05. The Morgan fingerprint density at radius 1 is 0.905 bits per heavy atom. The Labute approximate surface area is 127 Å². The largest absolute Gasteiger partial charge is 0.379 e. The topological polar surface area (TPSA) is 3.24 Å². The molecule has 0 fully saturated rings. The van der Waals surface area contributed by atoms with E-state index in [9.17, 15) is 0 Å². The zero-order valence-electron chi connectivity index (χ0n) is 12.7. The molecule has 0 saturated heterocycles. The molecule has 2 aromatic rings. The molecule has 1 heteroatoms. The maximum atomic E-state index is 2.42. The number of nitrogens with zero attached hydrogens (tertiary/aromatic N) is 1. The van der Waals surface area contributed by atoms with Crippen molar-refractivity contribution in [2.75, 3.05) is 13.6 Å². The number of hydrogen-bond acceptors (Lipinski definition) is 1. The Hall–Kier alpha value is -2.28. The molecule has 0 amide bonds. The summed E-state index contributed by atoms with van der Waals surface area (Å²) < 4.78 is 0. The lowest BCUT2D eigenvalue weighted by Crippen LogP contribution is -2.17. The highest BCUT2D eigenvalue weighted by atomic mass is 15.1. The molecule has 1 aliphatic rings.